The summed E-state index contributed by atoms with van der Waals surface area (Å²) in [7, 11) is 0. The van der Waals surface area contributed by atoms with Gasteiger partial charge in [-0.05, 0) is 19.9 Å². The van der Waals surface area contributed by atoms with Gasteiger partial charge < -0.3 is 15.5 Å². The Kier molecular flexibility index (Phi) is 12.8. The van der Waals surface area contributed by atoms with Gasteiger partial charge in [-0.15, -0.1) is 0 Å². The average molecular weight is 273 g/mol. The number of hydrogen-bond donors (Lipinski definition) is 3. The zero-order chi connectivity index (χ0) is 14.4. The highest BCUT2D eigenvalue weighted by Crippen LogP contribution is 2.10. The Morgan fingerprint density at radius 1 is 0.842 bits per heavy atom. The van der Waals surface area contributed by atoms with Gasteiger partial charge in [0.05, 0.1) is 12.2 Å². The van der Waals surface area contributed by atoms with E-state index < -0.39 is 5.60 Å². The van der Waals surface area contributed by atoms with Gasteiger partial charge in [-0.1, -0.05) is 64.7 Å². The summed E-state index contributed by atoms with van der Waals surface area (Å²) in [4.78, 5) is 0. The Morgan fingerprint density at radius 2 is 1.32 bits per heavy atom. The van der Waals surface area contributed by atoms with Gasteiger partial charge in [0.15, 0.2) is 0 Å². The van der Waals surface area contributed by atoms with Gasteiger partial charge in [0.1, 0.15) is 0 Å². The fraction of sp³-hybridized carbons (Fsp3) is 1.00. The maximum atomic E-state index is 9.57. The van der Waals surface area contributed by atoms with Crippen LogP contribution in [0.25, 0.3) is 0 Å². The van der Waals surface area contributed by atoms with Gasteiger partial charge in [0.25, 0.3) is 0 Å². The van der Waals surface area contributed by atoms with Gasteiger partial charge in [0.2, 0.25) is 0 Å². The summed E-state index contributed by atoms with van der Waals surface area (Å²) in [6, 6.07) is 0. The van der Waals surface area contributed by atoms with Crippen LogP contribution in [0.15, 0.2) is 0 Å². The molecule has 19 heavy (non-hydrogen) atoms. The first-order chi connectivity index (χ1) is 9.12. The molecule has 0 aromatic rings. The number of nitrogens with one attached hydrogen (secondary N) is 1. The van der Waals surface area contributed by atoms with Gasteiger partial charge in [-0.2, -0.15) is 0 Å². The Bertz CT molecular complexity index is 184. The third kappa shape index (κ3) is 14.1. The van der Waals surface area contributed by atoms with Crippen LogP contribution in [0.5, 0.6) is 0 Å². The molecule has 0 radical (unpaired) electrons. The monoisotopic (exact) mass is 273 g/mol. The molecular formula is C16H35NO2. The Hall–Kier alpha value is -0.120. The third-order valence-corrected chi connectivity index (χ3v) is 3.55. The molecule has 0 aliphatic carbocycles. The second-order valence-electron chi connectivity index (χ2n) is 6.01. The molecule has 0 saturated carbocycles. The lowest BCUT2D eigenvalue weighted by Gasteiger charge is -2.20. The van der Waals surface area contributed by atoms with Crippen LogP contribution in [-0.4, -0.2) is 35.5 Å². The predicted molar refractivity (Wildman–Crippen MR) is 82.4 cm³/mol. The summed E-state index contributed by atoms with van der Waals surface area (Å²) in [6.07, 6.45) is 13.4. The molecule has 0 amide bonds. The second kappa shape index (κ2) is 12.9. The van der Waals surface area contributed by atoms with E-state index in [4.69, 9.17) is 5.11 Å². The number of hydrogen-bond acceptors (Lipinski definition) is 3. The van der Waals surface area contributed by atoms with Crippen molar-refractivity contribution >= 4 is 0 Å². The molecule has 3 heteroatoms. The zero-order valence-corrected chi connectivity index (χ0v) is 13.1. The molecule has 0 rings (SSSR count). The Morgan fingerprint density at radius 3 is 1.79 bits per heavy atom. The van der Waals surface area contributed by atoms with Crippen molar-refractivity contribution in [1.29, 1.82) is 0 Å². The van der Waals surface area contributed by atoms with E-state index in [0.717, 1.165) is 13.0 Å². The lowest BCUT2D eigenvalue weighted by Crippen LogP contribution is -2.41. The van der Waals surface area contributed by atoms with Gasteiger partial charge in [0, 0.05) is 6.54 Å². The van der Waals surface area contributed by atoms with E-state index in [9.17, 15) is 5.11 Å². The zero-order valence-electron chi connectivity index (χ0n) is 13.1. The minimum absolute atomic E-state index is 0.183. The molecule has 0 aromatic heterocycles. The van der Waals surface area contributed by atoms with Crippen molar-refractivity contribution in [3.05, 3.63) is 0 Å². The van der Waals surface area contributed by atoms with Crippen LogP contribution in [0.1, 0.15) is 78.1 Å². The highest BCUT2D eigenvalue weighted by atomic mass is 16.3. The first-order valence-corrected chi connectivity index (χ1v) is 8.16. The molecule has 0 fully saturated rings. The summed E-state index contributed by atoms with van der Waals surface area (Å²) < 4.78 is 0. The normalized spacial score (nSPS) is 14.5. The number of aliphatic hydroxyl groups excluding tert-OH is 1. The van der Waals surface area contributed by atoms with Crippen LogP contribution in [0.3, 0.4) is 0 Å². The number of rotatable bonds is 14. The van der Waals surface area contributed by atoms with Crippen molar-refractivity contribution in [3.8, 4) is 0 Å². The topological polar surface area (TPSA) is 52.5 Å². The maximum absolute atomic E-state index is 9.57. The van der Waals surface area contributed by atoms with Crippen molar-refractivity contribution in [3.63, 3.8) is 0 Å². The number of unbranched alkanes of at least 4 members (excludes halogenated alkanes) is 9. The molecule has 0 aromatic carbocycles. The van der Waals surface area contributed by atoms with Crippen LogP contribution in [0.2, 0.25) is 0 Å². The van der Waals surface area contributed by atoms with Crippen LogP contribution >= 0.6 is 0 Å². The molecule has 0 heterocycles. The molecule has 0 spiro atoms. The summed E-state index contributed by atoms with van der Waals surface area (Å²) in [5, 5.41) is 21.6. The molecule has 0 aliphatic heterocycles. The van der Waals surface area contributed by atoms with Crippen molar-refractivity contribution in [2.75, 3.05) is 19.7 Å². The standard InChI is InChI=1S/C16H35NO2/c1-3-4-5-6-7-8-9-10-11-12-13-17-14-16(2,19)15-18/h17-19H,3-15H2,1-2H3. The van der Waals surface area contributed by atoms with Gasteiger partial charge >= 0.3 is 0 Å². The van der Waals surface area contributed by atoms with Crippen molar-refractivity contribution in [2.24, 2.45) is 0 Å². The van der Waals surface area contributed by atoms with E-state index in [2.05, 4.69) is 12.2 Å². The van der Waals surface area contributed by atoms with E-state index in [0.29, 0.717) is 6.54 Å². The second-order valence-corrected chi connectivity index (χ2v) is 6.01. The van der Waals surface area contributed by atoms with E-state index >= 15 is 0 Å². The summed E-state index contributed by atoms with van der Waals surface area (Å²) in [5.74, 6) is 0. The first-order valence-electron chi connectivity index (χ1n) is 8.16. The molecular weight excluding hydrogens is 238 g/mol. The summed E-state index contributed by atoms with van der Waals surface area (Å²) in [5.41, 5.74) is -0.974. The van der Waals surface area contributed by atoms with Crippen molar-refractivity contribution in [2.45, 2.75) is 83.7 Å². The predicted octanol–water partition coefficient (Wildman–Crippen LogP) is 3.24. The van der Waals surface area contributed by atoms with Crippen molar-refractivity contribution in [1.82, 2.24) is 5.32 Å². The fourth-order valence-electron chi connectivity index (χ4n) is 2.15. The highest BCUT2D eigenvalue weighted by molar-refractivity contribution is 4.73. The largest absolute Gasteiger partial charge is 0.393 e. The average Bonchev–Trinajstić information content (AvgIpc) is 2.40. The van der Waals surface area contributed by atoms with Crippen LogP contribution < -0.4 is 5.32 Å². The molecule has 0 saturated heterocycles. The molecule has 116 valence electrons. The van der Waals surface area contributed by atoms with Gasteiger partial charge in [-0.3, -0.25) is 0 Å². The fourth-order valence-corrected chi connectivity index (χ4v) is 2.15. The third-order valence-electron chi connectivity index (χ3n) is 3.55. The Labute approximate surface area is 119 Å². The summed E-state index contributed by atoms with van der Waals surface area (Å²) >= 11 is 0. The number of aliphatic hydroxyl groups is 2. The Balaban J connectivity index is 3.07. The molecule has 1 unspecified atom stereocenters. The van der Waals surface area contributed by atoms with Gasteiger partial charge in [-0.25, -0.2) is 0 Å². The molecule has 0 bridgehead atoms. The van der Waals surface area contributed by atoms with Crippen molar-refractivity contribution < 1.29 is 10.2 Å². The SMILES string of the molecule is CCCCCCCCCCCCNCC(C)(O)CO. The van der Waals surface area contributed by atoms with E-state index in [1.807, 2.05) is 0 Å². The molecule has 0 aliphatic rings. The minimum atomic E-state index is -0.974. The van der Waals surface area contributed by atoms with E-state index in [1.165, 1.54) is 57.8 Å². The molecule has 3 nitrogen and oxygen atoms in total. The minimum Gasteiger partial charge on any atom is -0.393 e. The smallest absolute Gasteiger partial charge is 0.0972 e. The van der Waals surface area contributed by atoms with Crippen LogP contribution in [0, 0.1) is 0 Å². The maximum Gasteiger partial charge on any atom is 0.0972 e. The summed E-state index contributed by atoms with van der Waals surface area (Å²) in [6.45, 7) is 5.14. The van der Waals surface area contributed by atoms with Crippen LogP contribution in [-0.2, 0) is 0 Å². The van der Waals surface area contributed by atoms with Crippen LogP contribution in [0.4, 0.5) is 0 Å². The highest BCUT2D eigenvalue weighted by Gasteiger charge is 2.17. The molecule has 1 atom stereocenters. The lowest BCUT2D eigenvalue weighted by atomic mass is 10.1. The lowest BCUT2D eigenvalue weighted by molar-refractivity contribution is 0.00286. The first kappa shape index (κ1) is 18.9. The quantitative estimate of drug-likeness (QED) is 0.426. The van der Waals surface area contributed by atoms with E-state index in [1.54, 1.807) is 6.92 Å². The molecule has 3 N–H and O–H groups in total. The van der Waals surface area contributed by atoms with E-state index in [-0.39, 0.29) is 6.61 Å².